The minimum atomic E-state index is -0.0828. The molecule has 4 nitrogen and oxygen atoms in total. The second-order valence-corrected chi connectivity index (χ2v) is 7.08. The number of hydrogen-bond donors (Lipinski definition) is 0. The van der Waals surface area contributed by atoms with Crippen LogP contribution in [-0.4, -0.2) is 36.0 Å². The number of thiazole rings is 1. The molecule has 3 rings (SSSR count). The van der Waals surface area contributed by atoms with Gasteiger partial charge in [-0.1, -0.05) is 12.1 Å². The fourth-order valence-corrected chi connectivity index (χ4v) is 3.70. The minimum absolute atomic E-state index is 0.0828. The number of thiophene rings is 1. The lowest BCUT2D eigenvalue weighted by atomic mass is 10.2. The van der Waals surface area contributed by atoms with Gasteiger partial charge in [-0.25, -0.2) is 4.98 Å². The number of benzene rings is 1. The van der Waals surface area contributed by atoms with Crippen molar-refractivity contribution in [3.8, 4) is 16.3 Å². The van der Waals surface area contributed by atoms with Gasteiger partial charge in [0.25, 0.3) is 5.91 Å². The maximum Gasteiger partial charge on any atom is 0.273 e. The number of rotatable bonds is 6. The van der Waals surface area contributed by atoms with Gasteiger partial charge in [-0.3, -0.25) is 4.79 Å². The average molecular weight is 358 g/mol. The maximum absolute atomic E-state index is 12.4. The second kappa shape index (κ2) is 7.59. The number of aryl methyl sites for hydroxylation is 1. The van der Waals surface area contributed by atoms with Crippen LogP contribution in [0, 0.1) is 6.92 Å². The monoisotopic (exact) mass is 358 g/mol. The normalized spacial score (nSPS) is 10.6. The van der Waals surface area contributed by atoms with E-state index in [-0.39, 0.29) is 5.91 Å². The van der Waals surface area contributed by atoms with Crippen LogP contribution in [0.3, 0.4) is 0 Å². The predicted molar refractivity (Wildman–Crippen MR) is 99.1 cm³/mol. The Bertz CT molecular complexity index is 812. The van der Waals surface area contributed by atoms with Crippen molar-refractivity contribution in [1.29, 1.82) is 0 Å². The Balaban J connectivity index is 1.55. The van der Waals surface area contributed by atoms with Gasteiger partial charge in [0, 0.05) is 23.4 Å². The van der Waals surface area contributed by atoms with Gasteiger partial charge in [0.15, 0.2) is 0 Å². The van der Waals surface area contributed by atoms with E-state index in [0.29, 0.717) is 18.8 Å². The van der Waals surface area contributed by atoms with E-state index in [1.54, 1.807) is 23.3 Å². The Kier molecular flexibility index (Phi) is 5.27. The van der Waals surface area contributed by atoms with Gasteiger partial charge >= 0.3 is 0 Å². The van der Waals surface area contributed by atoms with Crippen molar-refractivity contribution in [3.63, 3.8) is 0 Å². The van der Waals surface area contributed by atoms with E-state index in [1.807, 2.05) is 53.4 Å². The van der Waals surface area contributed by atoms with E-state index in [2.05, 4.69) is 4.98 Å². The van der Waals surface area contributed by atoms with Crippen LogP contribution < -0.4 is 4.74 Å². The molecule has 0 bridgehead atoms. The number of aromatic nitrogens is 1. The molecule has 0 fully saturated rings. The van der Waals surface area contributed by atoms with Gasteiger partial charge in [-0.05, 0) is 36.1 Å². The van der Waals surface area contributed by atoms with Crippen LogP contribution in [0.15, 0.2) is 46.5 Å². The molecule has 2 aromatic heterocycles. The Morgan fingerprint density at radius 2 is 2.17 bits per heavy atom. The molecule has 124 valence electrons. The van der Waals surface area contributed by atoms with Gasteiger partial charge < -0.3 is 9.64 Å². The third kappa shape index (κ3) is 4.01. The largest absolute Gasteiger partial charge is 0.492 e. The Morgan fingerprint density at radius 1 is 1.29 bits per heavy atom. The molecule has 0 aliphatic carbocycles. The molecule has 0 unspecified atom stereocenters. The summed E-state index contributed by atoms with van der Waals surface area (Å²) in [4.78, 5) is 18.5. The molecule has 24 heavy (non-hydrogen) atoms. The smallest absolute Gasteiger partial charge is 0.273 e. The third-order valence-corrected chi connectivity index (χ3v) is 5.10. The van der Waals surface area contributed by atoms with Crippen LogP contribution in [0.2, 0.25) is 0 Å². The number of carbonyl (C=O) groups is 1. The van der Waals surface area contributed by atoms with Crippen LogP contribution in [0.4, 0.5) is 0 Å². The zero-order valence-electron chi connectivity index (χ0n) is 13.6. The molecule has 0 aliphatic heterocycles. The van der Waals surface area contributed by atoms with Crippen LogP contribution in [0.1, 0.15) is 16.1 Å². The number of ether oxygens (including phenoxy) is 1. The van der Waals surface area contributed by atoms with Gasteiger partial charge in [0.05, 0.1) is 6.54 Å². The molecule has 1 amide bonds. The van der Waals surface area contributed by atoms with Crippen LogP contribution in [0.25, 0.3) is 10.6 Å². The van der Waals surface area contributed by atoms with Crippen LogP contribution in [-0.2, 0) is 0 Å². The average Bonchev–Trinajstić information content (AvgIpc) is 3.25. The molecule has 6 heteroatoms. The molecule has 0 saturated heterocycles. The van der Waals surface area contributed by atoms with Crippen molar-refractivity contribution in [2.24, 2.45) is 0 Å². The first-order valence-corrected chi connectivity index (χ1v) is 9.39. The topological polar surface area (TPSA) is 42.4 Å². The van der Waals surface area contributed by atoms with Crippen molar-refractivity contribution in [2.75, 3.05) is 20.2 Å². The molecule has 0 radical (unpaired) electrons. The Morgan fingerprint density at radius 3 is 2.92 bits per heavy atom. The summed E-state index contributed by atoms with van der Waals surface area (Å²) in [6.45, 7) is 2.99. The summed E-state index contributed by atoms with van der Waals surface area (Å²) < 4.78 is 5.70. The van der Waals surface area contributed by atoms with E-state index < -0.39 is 0 Å². The highest BCUT2D eigenvalue weighted by atomic mass is 32.1. The van der Waals surface area contributed by atoms with Crippen LogP contribution >= 0.6 is 22.7 Å². The molecule has 0 saturated carbocycles. The molecular weight excluding hydrogens is 340 g/mol. The number of carbonyl (C=O) groups excluding carboxylic acids is 1. The van der Waals surface area contributed by atoms with Gasteiger partial charge in [-0.2, -0.15) is 11.3 Å². The molecule has 0 N–H and O–H groups in total. The maximum atomic E-state index is 12.4. The zero-order valence-corrected chi connectivity index (χ0v) is 15.2. The first-order valence-electron chi connectivity index (χ1n) is 7.56. The van der Waals surface area contributed by atoms with E-state index in [9.17, 15) is 4.79 Å². The highest BCUT2D eigenvalue weighted by molar-refractivity contribution is 7.14. The quantitative estimate of drug-likeness (QED) is 0.659. The fraction of sp³-hybridized carbons (Fsp3) is 0.222. The Labute approximate surface area is 149 Å². The number of nitrogens with zero attached hydrogens (tertiary/aromatic N) is 2. The van der Waals surface area contributed by atoms with Gasteiger partial charge in [0.2, 0.25) is 0 Å². The lowest BCUT2D eigenvalue weighted by Gasteiger charge is -2.16. The number of amides is 1. The summed E-state index contributed by atoms with van der Waals surface area (Å²) in [5, 5.41) is 6.73. The van der Waals surface area contributed by atoms with Crippen molar-refractivity contribution in [2.45, 2.75) is 6.92 Å². The first-order chi connectivity index (χ1) is 11.6. The number of hydrogen-bond acceptors (Lipinski definition) is 5. The molecule has 0 spiro atoms. The lowest BCUT2D eigenvalue weighted by Crippen LogP contribution is -2.31. The standard InChI is InChI=1S/C18H18N2O2S2/c1-13-4-3-5-15(10-13)22-8-7-20(2)18(21)16-12-24-17(19-16)14-6-9-23-11-14/h3-6,9-12H,7-8H2,1-2H3. The van der Waals surface area contributed by atoms with E-state index >= 15 is 0 Å². The van der Waals surface area contributed by atoms with Crippen molar-refractivity contribution in [3.05, 3.63) is 57.7 Å². The fourth-order valence-electron chi connectivity index (χ4n) is 2.19. The highest BCUT2D eigenvalue weighted by Crippen LogP contribution is 2.26. The lowest BCUT2D eigenvalue weighted by molar-refractivity contribution is 0.0769. The summed E-state index contributed by atoms with van der Waals surface area (Å²) in [7, 11) is 1.77. The van der Waals surface area contributed by atoms with E-state index in [1.165, 1.54) is 11.3 Å². The van der Waals surface area contributed by atoms with Crippen LogP contribution in [0.5, 0.6) is 5.75 Å². The molecule has 2 heterocycles. The summed E-state index contributed by atoms with van der Waals surface area (Å²) in [5.74, 6) is 0.741. The highest BCUT2D eigenvalue weighted by Gasteiger charge is 2.16. The van der Waals surface area contributed by atoms with E-state index in [4.69, 9.17) is 4.74 Å². The summed E-state index contributed by atoms with van der Waals surface area (Å²) >= 11 is 3.12. The SMILES string of the molecule is Cc1cccc(OCCN(C)C(=O)c2csc(-c3ccsc3)n2)c1. The second-order valence-electron chi connectivity index (χ2n) is 5.44. The molecule has 1 aromatic carbocycles. The number of likely N-dealkylation sites (N-methyl/N-ethyl adjacent to an activating group) is 1. The summed E-state index contributed by atoms with van der Waals surface area (Å²) in [6, 6.07) is 9.89. The third-order valence-electron chi connectivity index (χ3n) is 3.52. The van der Waals surface area contributed by atoms with Gasteiger partial charge in [0.1, 0.15) is 23.1 Å². The molecule has 3 aromatic rings. The summed E-state index contributed by atoms with van der Waals surface area (Å²) in [6.07, 6.45) is 0. The predicted octanol–water partition coefficient (Wildman–Crippen LogP) is 4.33. The zero-order chi connectivity index (χ0) is 16.9. The van der Waals surface area contributed by atoms with Gasteiger partial charge in [-0.15, -0.1) is 11.3 Å². The van der Waals surface area contributed by atoms with Crippen molar-refractivity contribution in [1.82, 2.24) is 9.88 Å². The molecule has 0 aliphatic rings. The van der Waals surface area contributed by atoms with Crippen molar-refractivity contribution < 1.29 is 9.53 Å². The first kappa shape index (κ1) is 16.7. The molecule has 0 atom stereocenters. The molecular formula is C18H18N2O2S2. The van der Waals surface area contributed by atoms with E-state index in [0.717, 1.165) is 21.9 Å². The Hall–Kier alpha value is -2.18. The minimum Gasteiger partial charge on any atom is -0.492 e. The summed E-state index contributed by atoms with van der Waals surface area (Å²) in [5.41, 5.74) is 2.70. The van der Waals surface area contributed by atoms with Crippen molar-refractivity contribution >= 4 is 28.6 Å².